The third-order valence-electron chi connectivity index (χ3n) is 9.85. The second-order valence-electron chi connectivity index (χ2n) is 13.5. The Bertz CT molecular complexity index is 778. The number of hydrogen-bond acceptors (Lipinski definition) is 12. The number of benzene rings is 1. The Balaban J connectivity index is 1.45. The summed E-state index contributed by atoms with van der Waals surface area (Å²) in [6, 6.07) is 5.26. The van der Waals surface area contributed by atoms with Gasteiger partial charge in [-0.2, -0.15) is 0 Å². The topological polar surface area (TPSA) is 109 Å². The molecule has 262 valence electrons. The van der Waals surface area contributed by atoms with Gasteiger partial charge in [0.1, 0.15) is 0 Å². The fourth-order valence-corrected chi connectivity index (χ4v) is 7.03. The first kappa shape index (κ1) is 36.0. The molecule has 5 rings (SSSR count). The second kappa shape index (κ2) is 21.7. The molecule has 0 aromatic heterocycles. The van der Waals surface area contributed by atoms with Crippen LogP contribution in [0.3, 0.4) is 0 Å². The SMILES string of the molecule is c1c(CN2CCNCCNCC2)c(CN2CCNCCNCC2)cc(CN2CCNCCNCC2)c1CN1CCNCCNCC1. The van der Waals surface area contributed by atoms with Gasteiger partial charge in [-0.25, -0.2) is 0 Å². The molecular formula is C34H66N12. The first-order valence-electron chi connectivity index (χ1n) is 18.5. The van der Waals surface area contributed by atoms with Crippen molar-refractivity contribution in [1.82, 2.24) is 62.1 Å². The maximum atomic E-state index is 3.63. The zero-order valence-corrected chi connectivity index (χ0v) is 28.7. The van der Waals surface area contributed by atoms with E-state index < -0.39 is 0 Å². The molecule has 1 aromatic rings. The van der Waals surface area contributed by atoms with Gasteiger partial charge in [0.15, 0.2) is 0 Å². The summed E-state index contributed by atoms with van der Waals surface area (Å²) in [7, 11) is 0. The lowest BCUT2D eigenvalue weighted by molar-refractivity contribution is 0.252. The fraction of sp³-hybridized carbons (Fsp3) is 0.824. The zero-order chi connectivity index (χ0) is 31.5. The molecule has 12 nitrogen and oxygen atoms in total. The first-order valence-corrected chi connectivity index (χ1v) is 18.5. The molecule has 4 aliphatic heterocycles. The predicted octanol–water partition coefficient (Wildman–Crippen LogP) is -2.33. The molecule has 0 unspecified atom stereocenters. The van der Waals surface area contributed by atoms with Gasteiger partial charge < -0.3 is 42.5 Å². The molecule has 4 saturated heterocycles. The summed E-state index contributed by atoms with van der Waals surface area (Å²) in [6.07, 6.45) is 0. The van der Waals surface area contributed by atoms with Crippen LogP contribution in [0.15, 0.2) is 12.1 Å². The largest absolute Gasteiger partial charge is 0.314 e. The molecule has 4 fully saturated rings. The lowest BCUT2D eigenvalue weighted by Gasteiger charge is -2.30. The van der Waals surface area contributed by atoms with Crippen LogP contribution in [0.25, 0.3) is 0 Å². The Labute approximate surface area is 279 Å². The standard InChI is InChI=1S/C34H66N12/c1-2-36-10-18-43(17-9-35-1)27-31-25-33(29-45-21-13-39-5-6-40-14-22-45)34(30-46-23-15-41-7-8-42-16-24-46)26-32(31)28-44-19-11-37-3-4-38-12-20-44/h25-26,35-42H,1-24,27-30H2. The zero-order valence-electron chi connectivity index (χ0n) is 28.7. The van der Waals surface area contributed by atoms with Crippen molar-refractivity contribution in [3.8, 4) is 0 Å². The third kappa shape index (κ3) is 13.3. The second-order valence-corrected chi connectivity index (χ2v) is 13.5. The minimum atomic E-state index is 1.01. The van der Waals surface area contributed by atoms with Crippen molar-refractivity contribution in [2.24, 2.45) is 0 Å². The van der Waals surface area contributed by atoms with Gasteiger partial charge >= 0.3 is 0 Å². The van der Waals surface area contributed by atoms with Gasteiger partial charge in [0.25, 0.3) is 0 Å². The Hall–Kier alpha value is -1.26. The molecule has 1 aromatic carbocycles. The maximum Gasteiger partial charge on any atom is 0.0238 e. The number of nitrogens with one attached hydrogen (secondary N) is 8. The van der Waals surface area contributed by atoms with Gasteiger partial charge in [-0.05, 0) is 22.3 Å². The molecule has 4 aliphatic rings. The normalized spacial score (nSPS) is 24.3. The molecule has 8 N–H and O–H groups in total. The first-order chi connectivity index (χ1) is 22.8. The lowest BCUT2D eigenvalue weighted by atomic mass is 9.96. The summed E-state index contributed by atoms with van der Waals surface area (Å²) in [5.41, 5.74) is 6.08. The number of nitrogens with zero attached hydrogens (tertiary/aromatic N) is 4. The molecule has 12 heteroatoms. The van der Waals surface area contributed by atoms with Gasteiger partial charge in [-0.1, -0.05) is 12.1 Å². The summed E-state index contributed by atoms with van der Waals surface area (Å²) < 4.78 is 0. The smallest absolute Gasteiger partial charge is 0.0238 e. The van der Waals surface area contributed by atoms with E-state index in [1.54, 1.807) is 0 Å². The van der Waals surface area contributed by atoms with Gasteiger partial charge in [-0.15, -0.1) is 0 Å². The van der Waals surface area contributed by atoms with E-state index in [1.807, 2.05) is 0 Å². The van der Waals surface area contributed by atoms with Crippen LogP contribution in [0, 0.1) is 0 Å². The Morgan fingerprint density at radius 1 is 0.283 bits per heavy atom. The van der Waals surface area contributed by atoms with Crippen molar-refractivity contribution in [3.05, 3.63) is 34.4 Å². The van der Waals surface area contributed by atoms with Crippen LogP contribution in [0.2, 0.25) is 0 Å². The van der Waals surface area contributed by atoms with E-state index in [-0.39, 0.29) is 0 Å². The number of rotatable bonds is 8. The van der Waals surface area contributed by atoms with E-state index in [0.29, 0.717) is 0 Å². The third-order valence-corrected chi connectivity index (χ3v) is 9.85. The van der Waals surface area contributed by atoms with Crippen molar-refractivity contribution in [3.63, 3.8) is 0 Å². The van der Waals surface area contributed by atoms with E-state index in [0.717, 1.165) is 183 Å². The lowest BCUT2D eigenvalue weighted by Crippen LogP contribution is -2.37. The highest BCUT2D eigenvalue weighted by molar-refractivity contribution is 5.39. The predicted molar refractivity (Wildman–Crippen MR) is 191 cm³/mol. The van der Waals surface area contributed by atoms with Crippen LogP contribution in [-0.2, 0) is 26.2 Å². The number of hydrogen-bond donors (Lipinski definition) is 8. The molecule has 0 aliphatic carbocycles. The minimum Gasteiger partial charge on any atom is -0.314 e. The quantitative estimate of drug-likeness (QED) is 0.156. The van der Waals surface area contributed by atoms with E-state index in [9.17, 15) is 0 Å². The molecule has 0 amide bonds. The highest BCUT2D eigenvalue weighted by Crippen LogP contribution is 2.24. The Morgan fingerprint density at radius 2 is 0.457 bits per heavy atom. The summed E-state index contributed by atoms with van der Waals surface area (Å²) in [4.78, 5) is 10.7. The molecule has 4 heterocycles. The molecule has 0 radical (unpaired) electrons. The maximum absolute atomic E-state index is 3.63. The van der Waals surface area contributed by atoms with Crippen LogP contribution in [-0.4, -0.2) is 177 Å². The molecular weight excluding hydrogens is 576 g/mol. The summed E-state index contributed by atoms with van der Waals surface area (Å²) in [5.74, 6) is 0. The van der Waals surface area contributed by atoms with E-state index in [4.69, 9.17) is 0 Å². The summed E-state index contributed by atoms with van der Waals surface area (Å²) in [5, 5.41) is 29.1. The van der Waals surface area contributed by atoms with Crippen molar-refractivity contribution in [1.29, 1.82) is 0 Å². The Morgan fingerprint density at radius 3 is 0.630 bits per heavy atom. The van der Waals surface area contributed by atoms with Crippen molar-refractivity contribution in [2.45, 2.75) is 26.2 Å². The van der Waals surface area contributed by atoms with Gasteiger partial charge in [-0.3, -0.25) is 19.6 Å². The average Bonchev–Trinajstić information content (AvgIpc) is 3.41. The summed E-state index contributed by atoms with van der Waals surface area (Å²) >= 11 is 0. The van der Waals surface area contributed by atoms with Crippen molar-refractivity contribution < 1.29 is 0 Å². The molecule has 0 atom stereocenters. The average molecular weight is 643 g/mol. The molecule has 0 saturated carbocycles. The monoisotopic (exact) mass is 643 g/mol. The van der Waals surface area contributed by atoms with Crippen molar-refractivity contribution >= 4 is 0 Å². The van der Waals surface area contributed by atoms with Gasteiger partial charge in [0.2, 0.25) is 0 Å². The minimum absolute atomic E-state index is 1.01. The van der Waals surface area contributed by atoms with E-state index in [1.165, 1.54) is 22.3 Å². The molecule has 0 bridgehead atoms. The van der Waals surface area contributed by atoms with Crippen LogP contribution in [0.5, 0.6) is 0 Å². The van der Waals surface area contributed by atoms with Gasteiger partial charge in [0, 0.05) is 183 Å². The Kier molecular flexibility index (Phi) is 17.0. The van der Waals surface area contributed by atoms with E-state index in [2.05, 4.69) is 74.3 Å². The highest BCUT2D eigenvalue weighted by Gasteiger charge is 2.20. The van der Waals surface area contributed by atoms with Crippen LogP contribution >= 0.6 is 0 Å². The van der Waals surface area contributed by atoms with Crippen LogP contribution in [0.4, 0.5) is 0 Å². The fourth-order valence-electron chi connectivity index (χ4n) is 7.03. The summed E-state index contributed by atoms with van der Waals surface area (Å²) in [6.45, 7) is 29.6. The van der Waals surface area contributed by atoms with E-state index >= 15 is 0 Å². The highest BCUT2D eigenvalue weighted by atomic mass is 15.2. The molecule has 0 spiro atoms. The molecule has 46 heavy (non-hydrogen) atoms. The van der Waals surface area contributed by atoms with Crippen LogP contribution < -0.4 is 42.5 Å². The van der Waals surface area contributed by atoms with Crippen molar-refractivity contribution in [2.75, 3.05) is 157 Å². The van der Waals surface area contributed by atoms with Crippen LogP contribution in [0.1, 0.15) is 22.3 Å². The van der Waals surface area contributed by atoms with Gasteiger partial charge in [0.05, 0.1) is 0 Å².